The number of nitrogens with zero attached hydrogens (tertiary/aromatic N) is 2. The van der Waals surface area contributed by atoms with Gasteiger partial charge in [-0.15, -0.1) is 11.6 Å². The summed E-state index contributed by atoms with van der Waals surface area (Å²) in [7, 11) is 0. The van der Waals surface area contributed by atoms with Gasteiger partial charge in [0, 0.05) is 24.8 Å². The standard InChI is InChI=1S/C12H17ClN2/c1-9-7-15(8-10(9)2)12-11(6-13)4-3-5-14-12/h3-5,9-10H,6-8H2,1-2H3. The lowest BCUT2D eigenvalue weighted by Crippen LogP contribution is -2.22. The van der Waals surface area contributed by atoms with Gasteiger partial charge >= 0.3 is 0 Å². The zero-order chi connectivity index (χ0) is 10.8. The largest absolute Gasteiger partial charge is 0.356 e. The van der Waals surface area contributed by atoms with Gasteiger partial charge < -0.3 is 4.90 Å². The number of alkyl halides is 1. The Morgan fingerprint density at radius 3 is 2.67 bits per heavy atom. The normalized spacial score (nSPS) is 25.9. The van der Waals surface area contributed by atoms with Gasteiger partial charge in [0.1, 0.15) is 5.82 Å². The lowest BCUT2D eigenvalue weighted by molar-refractivity contribution is 0.494. The molecule has 15 heavy (non-hydrogen) atoms. The van der Waals surface area contributed by atoms with Crippen LogP contribution in [0.25, 0.3) is 0 Å². The molecule has 0 spiro atoms. The van der Waals surface area contributed by atoms with Gasteiger partial charge in [0.25, 0.3) is 0 Å². The van der Waals surface area contributed by atoms with Crippen LogP contribution in [-0.2, 0) is 5.88 Å². The SMILES string of the molecule is CC1CN(c2ncccc2CCl)CC1C. The van der Waals surface area contributed by atoms with Crippen molar-refractivity contribution in [3.63, 3.8) is 0 Å². The molecule has 1 saturated heterocycles. The van der Waals surface area contributed by atoms with Gasteiger partial charge in [0.05, 0.1) is 5.88 Å². The van der Waals surface area contributed by atoms with Crippen molar-refractivity contribution >= 4 is 17.4 Å². The highest BCUT2D eigenvalue weighted by atomic mass is 35.5. The van der Waals surface area contributed by atoms with E-state index in [2.05, 4.69) is 29.8 Å². The van der Waals surface area contributed by atoms with Crippen LogP contribution >= 0.6 is 11.6 Å². The van der Waals surface area contributed by atoms with Gasteiger partial charge in [0.2, 0.25) is 0 Å². The van der Waals surface area contributed by atoms with E-state index in [1.165, 1.54) is 0 Å². The molecule has 2 unspecified atom stereocenters. The van der Waals surface area contributed by atoms with Crippen molar-refractivity contribution < 1.29 is 0 Å². The monoisotopic (exact) mass is 224 g/mol. The summed E-state index contributed by atoms with van der Waals surface area (Å²) >= 11 is 5.92. The molecule has 0 aromatic carbocycles. The first-order chi connectivity index (χ1) is 7.22. The van der Waals surface area contributed by atoms with Crippen LogP contribution in [0.1, 0.15) is 19.4 Å². The van der Waals surface area contributed by atoms with Gasteiger partial charge in [-0.3, -0.25) is 0 Å². The molecule has 0 saturated carbocycles. The molecular formula is C12H17ClN2. The Labute approximate surface area is 96.3 Å². The number of halogens is 1. The Balaban J connectivity index is 2.23. The highest BCUT2D eigenvalue weighted by molar-refractivity contribution is 6.17. The van der Waals surface area contributed by atoms with Crippen LogP contribution in [0.5, 0.6) is 0 Å². The molecule has 2 rings (SSSR count). The fourth-order valence-corrected chi connectivity index (χ4v) is 2.33. The number of pyridine rings is 1. The highest BCUT2D eigenvalue weighted by Gasteiger charge is 2.27. The fourth-order valence-electron chi connectivity index (χ4n) is 2.12. The lowest BCUT2D eigenvalue weighted by Gasteiger charge is -2.19. The van der Waals surface area contributed by atoms with E-state index < -0.39 is 0 Å². The first-order valence-electron chi connectivity index (χ1n) is 5.47. The van der Waals surface area contributed by atoms with Gasteiger partial charge in [-0.05, 0) is 17.9 Å². The van der Waals surface area contributed by atoms with Crippen LogP contribution in [0.2, 0.25) is 0 Å². The summed E-state index contributed by atoms with van der Waals surface area (Å²) in [5.41, 5.74) is 1.14. The summed E-state index contributed by atoms with van der Waals surface area (Å²) in [5.74, 6) is 3.11. The zero-order valence-corrected chi connectivity index (χ0v) is 10.0. The van der Waals surface area contributed by atoms with Crippen molar-refractivity contribution in [3.05, 3.63) is 23.9 Å². The van der Waals surface area contributed by atoms with E-state index in [1.807, 2.05) is 12.3 Å². The maximum Gasteiger partial charge on any atom is 0.132 e. The molecule has 82 valence electrons. The Hall–Kier alpha value is -0.760. The third kappa shape index (κ3) is 2.10. The lowest BCUT2D eigenvalue weighted by atomic mass is 10.0. The second-order valence-electron chi connectivity index (χ2n) is 4.48. The maximum atomic E-state index is 5.92. The van der Waals surface area contributed by atoms with E-state index in [9.17, 15) is 0 Å². The van der Waals surface area contributed by atoms with Gasteiger partial charge in [-0.1, -0.05) is 19.9 Å². The Kier molecular flexibility index (Phi) is 3.15. The van der Waals surface area contributed by atoms with Crippen molar-refractivity contribution in [1.82, 2.24) is 4.98 Å². The van der Waals surface area contributed by atoms with E-state index in [0.29, 0.717) is 5.88 Å². The van der Waals surface area contributed by atoms with Crippen LogP contribution in [0.4, 0.5) is 5.82 Å². The Morgan fingerprint density at radius 2 is 2.07 bits per heavy atom. The molecule has 1 aromatic heterocycles. The zero-order valence-electron chi connectivity index (χ0n) is 9.28. The van der Waals surface area contributed by atoms with Crippen LogP contribution < -0.4 is 4.90 Å². The van der Waals surface area contributed by atoms with Gasteiger partial charge in [-0.25, -0.2) is 4.98 Å². The maximum absolute atomic E-state index is 5.92. The smallest absolute Gasteiger partial charge is 0.132 e. The molecule has 1 aromatic rings. The van der Waals surface area contributed by atoms with Crippen molar-refractivity contribution in [1.29, 1.82) is 0 Å². The molecule has 2 nitrogen and oxygen atoms in total. The molecule has 2 heterocycles. The van der Waals surface area contributed by atoms with E-state index in [-0.39, 0.29) is 0 Å². The number of hydrogen-bond acceptors (Lipinski definition) is 2. The number of anilines is 1. The highest BCUT2D eigenvalue weighted by Crippen LogP contribution is 2.28. The summed E-state index contributed by atoms with van der Waals surface area (Å²) in [6, 6.07) is 4.01. The number of rotatable bonds is 2. The second-order valence-corrected chi connectivity index (χ2v) is 4.75. The minimum atomic E-state index is 0.544. The quantitative estimate of drug-likeness (QED) is 0.719. The summed E-state index contributed by atoms with van der Waals surface area (Å²) in [6.07, 6.45) is 1.85. The van der Waals surface area contributed by atoms with Crippen LogP contribution in [0.3, 0.4) is 0 Å². The Bertz CT molecular complexity index is 330. The third-order valence-electron chi connectivity index (χ3n) is 3.30. The summed E-state index contributed by atoms with van der Waals surface area (Å²) < 4.78 is 0. The molecule has 0 aliphatic carbocycles. The fraction of sp³-hybridized carbons (Fsp3) is 0.583. The van der Waals surface area contributed by atoms with Crippen molar-refractivity contribution in [2.45, 2.75) is 19.7 Å². The molecule has 1 aliphatic rings. The van der Waals surface area contributed by atoms with Gasteiger partial charge in [-0.2, -0.15) is 0 Å². The van der Waals surface area contributed by atoms with E-state index in [1.54, 1.807) is 0 Å². The second kappa shape index (κ2) is 4.40. The summed E-state index contributed by atoms with van der Waals surface area (Å²) in [4.78, 5) is 6.80. The first kappa shape index (κ1) is 10.7. The number of hydrogen-bond donors (Lipinski definition) is 0. The molecular weight excluding hydrogens is 208 g/mol. The predicted molar refractivity (Wildman–Crippen MR) is 64.3 cm³/mol. The minimum absolute atomic E-state index is 0.544. The predicted octanol–water partition coefficient (Wildman–Crippen LogP) is 2.91. The van der Waals surface area contributed by atoms with Crippen molar-refractivity contribution in [2.75, 3.05) is 18.0 Å². The molecule has 0 bridgehead atoms. The molecule has 3 heteroatoms. The Morgan fingerprint density at radius 1 is 1.40 bits per heavy atom. The van der Waals surface area contributed by atoms with Crippen LogP contribution in [0.15, 0.2) is 18.3 Å². The average molecular weight is 225 g/mol. The van der Waals surface area contributed by atoms with Crippen LogP contribution in [0, 0.1) is 11.8 Å². The van der Waals surface area contributed by atoms with E-state index in [0.717, 1.165) is 36.3 Å². The average Bonchev–Trinajstić information content (AvgIpc) is 2.59. The third-order valence-corrected chi connectivity index (χ3v) is 3.59. The molecule has 1 fully saturated rings. The van der Waals surface area contributed by atoms with Crippen LogP contribution in [-0.4, -0.2) is 18.1 Å². The topological polar surface area (TPSA) is 16.1 Å². The van der Waals surface area contributed by atoms with Crippen molar-refractivity contribution in [2.24, 2.45) is 11.8 Å². The summed E-state index contributed by atoms with van der Waals surface area (Å²) in [5, 5.41) is 0. The van der Waals surface area contributed by atoms with E-state index in [4.69, 9.17) is 11.6 Å². The molecule has 0 N–H and O–H groups in total. The molecule has 0 amide bonds. The van der Waals surface area contributed by atoms with E-state index >= 15 is 0 Å². The number of aromatic nitrogens is 1. The van der Waals surface area contributed by atoms with Gasteiger partial charge in [0.15, 0.2) is 0 Å². The molecule has 1 aliphatic heterocycles. The minimum Gasteiger partial charge on any atom is -0.356 e. The molecule has 0 radical (unpaired) electrons. The molecule has 2 atom stereocenters. The first-order valence-corrected chi connectivity index (χ1v) is 6.00. The van der Waals surface area contributed by atoms with Crippen molar-refractivity contribution in [3.8, 4) is 0 Å². The summed E-state index contributed by atoms with van der Waals surface area (Å²) in [6.45, 7) is 6.80.